The number of carbonyl (C=O) groups excluding carboxylic acids is 1. The number of carbonyl (C=O) groups is 1. The number of halogens is 1. The number of nitrogens with one attached hydrogen (secondary N) is 3. The molecule has 0 atom stereocenters. The van der Waals surface area contributed by atoms with Crippen molar-refractivity contribution >= 4 is 28.3 Å². The molecule has 0 aliphatic rings. The van der Waals surface area contributed by atoms with Crippen molar-refractivity contribution in [3.8, 4) is 0 Å². The Morgan fingerprint density at radius 1 is 1.14 bits per heavy atom. The van der Waals surface area contributed by atoms with Gasteiger partial charge in [-0.1, -0.05) is 12.1 Å². The van der Waals surface area contributed by atoms with Gasteiger partial charge in [0.25, 0.3) is 5.91 Å². The third kappa shape index (κ3) is 4.82. The summed E-state index contributed by atoms with van der Waals surface area (Å²) in [4.78, 5) is 28.3. The maximum absolute atomic E-state index is 13.6. The van der Waals surface area contributed by atoms with Crippen molar-refractivity contribution in [2.24, 2.45) is 0 Å². The molecule has 0 fully saturated rings. The van der Waals surface area contributed by atoms with Gasteiger partial charge in [-0.2, -0.15) is 0 Å². The van der Waals surface area contributed by atoms with E-state index in [1.807, 2.05) is 24.3 Å². The number of pyridine rings is 1. The van der Waals surface area contributed by atoms with Gasteiger partial charge in [-0.3, -0.25) is 9.78 Å². The van der Waals surface area contributed by atoms with Crippen molar-refractivity contribution in [2.45, 2.75) is 19.5 Å². The number of hydrogen-bond donors (Lipinski definition) is 3. The molecular formula is C20H19FN6OS. The lowest BCUT2D eigenvalue weighted by Gasteiger charge is -2.03. The molecule has 0 aliphatic carbocycles. The van der Waals surface area contributed by atoms with Gasteiger partial charge in [-0.25, -0.2) is 14.4 Å². The average molecular weight is 410 g/mol. The van der Waals surface area contributed by atoms with Crippen LogP contribution in [-0.2, 0) is 19.5 Å². The monoisotopic (exact) mass is 410 g/mol. The molecule has 4 rings (SSSR count). The highest BCUT2D eigenvalue weighted by Crippen LogP contribution is 2.12. The smallest absolute Gasteiger partial charge is 0.271 e. The highest BCUT2D eigenvalue weighted by Gasteiger charge is 2.12. The standard InChI is InChI=1S/C20H19FN6OS/c21-13-4-3-8-23-16(13)10-24-20(28)17-12-29-19(27-17)11-22-9-7-18-25-14-5-1-2-6-15(14)26-18/h1-6,8,12,22H,7,9-11H2,(H,24,28)(H,25,26). The van der Waals surface area contributed by atoms with Crippen LogP contribution in [0.1, 0.15) is 27.0 Å². The van der Waals surface area contributed by atoms with E-state index in [4.69, 9.17) is 0 Å². The van der Waals surface area contributed by atoms with Gasteiger partial charge in [0.15, 0.2) is 0 Å². The molecule has 3 N–H and O–H groups in total. The lowest BCUT2D eigenvalue weighted by Crippen LogP contribution is -2.24. The molecule has 0 aliphatic heterocycles. The van der Waals surface area contributed by atoms with Crippen LogP contribution in [0.15, 0.2) is 48.0 Å². The first kappa shape index (κ1) is 19.2. The molecule has 0 spiro atoms. The van der Waals surface area contributed by atoms with E-state index in [-0.39, 0.29) is 18.1 Å². The van der Waals surface area contributed by atoms with Gasteiger partial charge in [0.2, 0.25) is 0 Å². The van der Waals surface area contributed by atoms with E-state index in [0.29, 0.717) is 12.2 Å². The zero-order valence-corrected chi connectivity index (χ0v) is 16.3. The summed E-state index contributed by atoms with van der Waals surface area (Å²) in [7, 11) is 0. The van der Waals surface area contributed by atoms with Crippen LogP contribution in [-0.4, -0.2) is 32.4 Å². The second kappa shape index (κ2) is 8.89. The van der Waals surface area contributed by atoms with Crippen molar-refractivity contribution in [3.05, 3.63) is 76.0 Å². The van der Waals surface area contributed by atoms with Gasteiger partial charge in [0.1, 0.15) is 22.3 Å². The largest absolute Gasteiger partial charge is 0.345 e. The zero-order chi connectivity index (χ0) is 20.1. The first-order valence-electron chi connectivity index (χ1n) is 9.15. The fourth-order valence-corrected chi connectivity index (χ4v) is 3.57. The molecule has 29 heavy (non-hydrogen) atoms. The molecule has 0 bridgehead atoms. The quantitative estimate of drug-likeness (QED) is 0.388. The molecule has 3 aromatic heterocycles. The zero-order valence-electron chi connectivity index (χ0n) is 15.5. The van der Waals surface area contributed by atoms with Crippen LogP contribution in [0.3, 0.4) is 0 Å². The molecular weight excluding hydrogens is 391 g/mol. The Morgan fingerprint density at radius 2 is 2.03 bits per heavy atom. The highest BCUT2D eigenvalue weighted by molar-refractivity contribution is 7.09. The van der Waals surface area contributed by atoms with Crippen molar-refractivity contribution in [1.29, 1.82) is 0 Å². The maximum Gasteiger partial charge on any atom is 0.271 e. The molecule has 0 radical (unpaired) electrons. The van der Waals surface area contributed by atoms with Gasteiger partial charge >= 0.3 is 0 Å². The van der Waals surface area contributed by atoms with Crippen LogP contribution in [0.4, 0.5) is 4.39 Å². The number of rotatable bonds is 8. The van der Waals surface area contributed by atoms with E-state index in [1.54, 1.807) is 5.38 Å². The fraction of sp³-hybridized carbons (Fsp3) is 0.200. The summed E-state index contributed by atoms with van der Waals surface area (Å²) in [5, 5.41) is 8.45. The Labute approximate surface area is 170 Å². The van der Waals surface area contributed by atoms with Crippen LogP contribution in [0.25, 0.3) is 11.0 Å². The Balaban J connectivity index is 1.23. The van der Waals surface area contributed by atoms with Crippen molar-refractivity contribution < 1.29 is 9.18 Å². The Kier molecular flexibility index (Phi) is 5.87. The van der Waals surface area contributed by atoms with Crippen molar-refractivity contribution in [1.82, 2.24) is 30.6 Å². The minimum atomic E-state index is -0.444. The number of fused-ring (bicyclic) bond motifs is 1. The van der Waals surface area contributed by atoms with E-state index in [1.165, 1.54) is 29.7 Å². The number of aromatic nitrogens is 4. The van der Waals surface area contributed by atoms with Crippen LogP contribution < -0.4 is 10.6 Å². The number of imidazole rings is 1. The molecule has 148 valence electrons. The number of aromatic amines is 1. The summed E-state index contributed by atoms with van der Waals surface area (Å²) in [6.07, 6.45) is 2.26. The number of H-pyrrole nitrogens is 1. The van der Waals surface area contributed by atoms with E-state index < -0.39 is 5.82 Å². The second-order valence-corrected chi connectivity index (χ2v) is 7.31. The van der Waals surface area contributed by atoms with Gasteiger partial charge in [-0.15, -0.1) is 11.3 Å². The first-order chi connectivity index (χ1) is 14.2. The topological polar surface area (TPSA) is 95.6 Å². The average Bonchev–Trinajstić information content (AvgIpc) is 3.37. The summed E-state index contributed by atoms with van der Waals surface area (Å²) in [6, 6.07) is 10.7. The number of nitrogens with zero attached hydrogens (tertiary/aromatic N) is 3. The van der Waals surface area contributed by atoms with E-state index in [9.17, 15) is 9.18 Å². The molecule has 3 heterocycles. The number of hydrogen-bond acceptors (Lipinski definition) is 6. The van der Waals surface area contributed by atoms with E-state index in [0.717, 1.165) is 34.8 Å². The predicted octanol–water partition coefficient (Wildman–Crippen LogP) is 2.82. The van der Waals surface area contributed by atoms with Crippen LogP contribution in [0.2, 0.25) is 0 Å². The highest BCUT2D eigenvalue weighted by atomic mass is 32.1. The second-order valence-electron chi connectivity index (χ2n) is 6.37. The summed E-state index contributed by atoms with van der Waals surface area (Å²) >= 11 is 1.41. The third-order valence-electron chi connectivity index (χ3n) is 4.29. The SMILES string of the molecule is O=C(NCc1ncccc1F)c1csc(CNCCc2nc3ccccc3[nH]2)n1. The van der Waals surface area contributed by atoms with E-state index >= 15 is 0 Å². The molecule has 4 aromatic rings. The van der Waals surface area contributed by atoms with Crippen LogP contribution in [0.5, 0.6) is 0 Å². The van der Waals surface area contributed by atoms with E-state index in [2.05, 4.69) is 30.6 Å². The molecule has 0 unspecified atom stereocenters. The Hall–Kier alpha value is -3.17. The lowest BCUT2D eigenvalue weighted by molar-refractivity contribution is 0.0945. The molecule has 0 saturated heterocycles. The minimum absolute atomic E-state index is 0.0219. The molecule has 7 nitrogen and oxygen atoms in total. The lowest BCUT2D eigenvalue weighted by atomic mass is 10.3. The molecule has 1 aromatic carbocycles. The van der Waals surface area contributed by atoms with Crippen LogP contribution >= 0.6 is 11.3 Å². The molecule has 0 saturated carbocycles. The normalized spacial score (nSPS) is 11.1. The summed E-state index contributed by atoms with van der Waals surface area (Å²) < 4.78 is 13.6. The first-order valence-corrected chi connectivity index (χ1v) is 10.0. The third-order valence-corrected chi connectivity index (χ3v) is 5.14. The summed E-state index contributed by atoms with van der Waals surface area (Å²) in [5.41, 5.74) is 2.51. The van der Waals surface area contributed by atoms with Gasteiger partial charge in [-0.05, 0) is 24.3 Å². The van der Waals surface area contributed by atoms with Gasteiger partial charge in [0.05, 0.1) is 23.3 Å². The number of thiazole rings is 1. The van der Waals surface area contributed by atoms with Crippen LogP contribution in [0, 0.1) is 5.82 Å². The van der Waals surface area contributed by atoms with Crippen molar-refractivity contribution in [3.63, 3.8) is 0 Å². The van der Waals surface area contributed by atoms with Crippen molar-refractivity contribution in [2.75, 3.05) is 6.54 Å². The Morgan fingerprint density at radius 3 is 2.90 bits per heavy atom. The summed E-state index contributed by atoms with van der Waals surface area (Å²) in [6.45, 7) is 1.32. The number of amides is 1. The minimum Gasteiger partial charge on any atom is -0.345 e. The molecule has 9 heteroatoms. The predicted molar refractivity (Wildman–Crippen MR) is 109 cm³/mol. The number of benzene rings is 1. The number of para-hydroxylation sites is 2. The fourth-order valence-electron chi connectivity index (χ4n) is 2.83. The Bertz CT molecular complexity index is 1090. The maximum atomic E-state index is 13.6. The van der Waals surface area contributed by atoms with Gasteiger partial charge < -0.3 is 15.6 Å². The van der Waals surface area contributed by atoms with Gasteiger partial charge in [0, 0.05) is 31.1 Å². The summed E-state index contributed by atoms with van der Waals surface area (Å²) in [5.74, 6) is 0.139. The molecule has 1 amide bonds.